The van der Waals surface area contributed by atoms with E-state index in [9.17, 15) is 4.79 Å². The summed E-state index contributed by atoms with van der Waals surface area (Å²) < 4.78 is 4.86. The first-order valence-electron chi connectivity index (χ1n) is 6.74. The second-order valence-electron chi connectivity index (χ2n) is 4.64. The summed E-state index contributed by atoms with van der Waals surface area (Å²) in [5.74, 6) is -0.293. The van der Waals surface area contributed by atoms with Gasteiger partial charge < -0.3 is 15.8 Å². The highest BCUT2D eigenvalue weighted by Gasteiger charge is 2.15. The molecule has 1 atom stereocenters. The molecule has 0 aliphatic rings. The molecule has 0 radical (unpaired) electrons. The monoisotopic (exact) mass is 341 g/mol. The average Bonchev–Trinajstić information content (AvgIpc) is 2.96. The molecule has 1 heterocycles. The Hall–Kier alpha value is -1.47. The third-order valence-electron chi connectivity index (χ3n) is 3.08. The van der Waals surface area contributed by atoms with Crippen LogP contribution in [0.15, 0.2) is 29.6 Å². The Bertz CT molecular complexity index is 601. The SMILES string of the molecule is CCc1ccc(-c2csc(NC(=O)C(N)COC)n2)cc1.Cl. The molecule has 0 fully saturated rings. The molecule has 2 rings (SSSR count). The normalized spacial score (nSPS) is 11.6. The molecule has 0 saturated carbocycles. The third-order valence-corrected chi connectivity index (χ3v) is 3.83. The molecular weight excluding hydrogens is 322 g/mol. The van der Waals surface area contributed by atoms with Gasteiger partial charge in [0.25, 0.3) is 0 Å². The predicted molar refractivity (Wildman–Crippen MR) is 92.7 cm³/mol. The number of hydrogen-bond donors (Lipinski definition) is 2. The van der Waals surface area contributed by atoms with Crippen LogP contribution in [0.3, 0.4) is 0 Å². The van der Waals surface area contributed by atoms with E-state index in [0.717, 1.165) is 17.7 Å². The summed E-state index contributed by atoms with van der Waals surface area (Å²) in [7, 11) is 1.51. The molecule has 5 nitrogen and oxygen atoms in total. The average molecular weight is 342 g/mol. The predicted octanol–water partition coefficient (Wildman–Crippen LogP) is 2.71. The maximum Gasteiger partial charge on any atom is 0.245 e. The molecule has 0 aliphatic carbocycles. The maximum atomic E-state index is 11.8. The zero-order valence-electron chi connectivity index (χ0n) is 12.5. The van der Waals surface area contributed by atoms with Crippen molar-refractivity contribution in [3.63, 3.8) is 0 Å². The first-order valence-corrected chi connectivity index (χ1v) is 7.62. The fourth-order valence-corrected chi connectivity index (χ4v) is 2.55. The number of nitrogens with two attached hydrogens (primary N) is 1. The Labute approximate surface area is 140 Å². The largest absolute Gasteiger partial charge is 0.383 e. The van der Waals surface area contributed by atoms with Crippen LogP contribution in [0.2, 0.25) is 0 Å². The number of anilines is 1. The molecule has 7 heteroatoms. The molecule has 0 spiro atoms. The van der Waals surface area contributed by atoms with Crippen molar-refractivity contribution in [2.75, 3.05) is 19.0 Å². The van der Waals surface area contributed by atoms with Crippen LogP contribution in [0.5, 0.6) is 0 Å². The van der Waals surface area contributed by atoms with E-state index in [-0.39, 0.29) is 24.9 Å². The molecule has 1 aromatic carbocycles. The van der Waals surface area contributed by atoms with E-state index in [0.29, 0.717) is 5.13 Å². The van der Waals surface area contributed by atoms with Gasteiger partial charge in [-0.1, -0.05) is 31.2 Å². The van der Waals surface area contributed by atoms with E-state index in [2.05, 4.69) is 29.4 Å². The lowest BCUT2D eigenvalue weighted by atomic mass is 10.1. The Morgan fingerprint density at radius 3 is 2.68 bits per heavy atom. The first kappa shape index (κ1) is 18.6. The number of aromatic nitrogens is 1. The summed E-state index contributed by atoms with van der Waals surface area (Å²) in [6.45, 7) is 2.30. The van der Waals surface area contributed by atoms with Gasteiger partial charge in [0.1, 0.15) is 6.04 Å². The highest BCUT2D eigenvalue weighted by atomic mass is 35.5. The van der Waals surface area contributed by atoms with E-state index in [1.54, 1.807) is 0 Å². The van der Waals surface area contributed by atoms with Gasteiger partial charge in [-0.3, -0.25) is 4.79 Å². The lowest BCUT2D eigenvalue weighted by Gasteiger charge is -2.08. The van der Waals surface area contributed by atoms with Crippen molar-refractivity contribution in [2.24, 2.45) is 5.73 Å². The van der Waals surface area contributed by atoms with Crippen LogP contribution in [-0.2, 0) is 16.0 Å². The number of halogens is 1. The van der Waals surface area contributed by atoms with E-state index in [1.165, 1.54) is 24.0 Å². The number of methoxy groups -OCH3 is 1. The second kappa shape index (κ2) is 8.85. The lowest BCUT2D eigenvalue weighted by Crippen LogP contribution is -2.39. The molecule has 120 valence electrons. The van der Waals surface area contributed by atoms with Crippen molar-refractivity contribution in [1.29, 1.82) is 0 Å². The Balaban J connectivity index is 0.00000242. The fraction of sp³-hybridized carbons (Fsp3) is 0.333. The number of benzene rings is 1. The number of nitrogens with zero attached hydrogens (tertiary/aromatic N) is 1. The van der Waals surface area contributed by atoms with Gasteiger partial charge >= 0.3 is 0 Å². The third kappa shape index (κ3) is 4.78. The number of rotatable bonds is 6. The number of ether oxygens (including phenoxy) is 1. The van der Waals surface area contributed by atoms with E-state index >= 15 is 0 Å². The number of nitrogens with one attached hydrogen (secondary N) is 1. The summed E-state index contributed by atoms with van der Waals surface area (Å²) in [4.78, 5) is 16.2. The molecular formula is C15H20ClN3O2S. The molecule has 0 bridgehead atoms. The van der Waals surface area contributed by atoms with Gasteiger partial charge in [0.05, 0.1) is 12.3 Å². The van der Waals surface area contributed by atoms with E-state index in [1.807, 2.05) is 17.5 Å². The van der Waals surface area contributed by atoms with Gasteiger partial charge in [-0.05, 0) is 12.0 Å². The molecule has 0 aliphatic heterocycles. The number of carbonyl (C=O) groups excluding carboxylic acids is 1. The number of amides is 1. The fourth-order valence-electron chi connectivity index (χ4n) is 1.83. The Morgan fingerprint density at radius 2 is 2.09 bits per heavy atom. The number of thiazole rings is 1. The van der Waals surface area contributed by atoms with Gasteiger partial charge in [-0.15, -0.1) is 23.7 Å². The highest BCUT2D eigenvalue weighted by Crippen LogP contribution is 2.25. The summed E-state index contributed by atoms with van der Waals surface area (Å²) in [6.07, 6.45) is 1.01. The summed E-state index contributed by atoms with van der Waals surface area (Å²) in [5, 5.41) is 5.16. The van der Waals surface area contributed by atoms with Crippen molar-refractivity contribution in [3.8, 4) is 11.3 Å². The van der Waals surface area contributed by atoms with Crippen LogP contribution in [0.1, 0.15) is 12.5 Å². The van der Waals surface area contributed by atoms with Crippen LogP contribution < -0.4 is 11.1 Å². The number of carbonyl (C=O) groups is 1. The number of aryl methyl sites for hydroxylation is 1. The zero-order valence-corrected chi connectivity index (χ0v) is 14.2. The molecule has 1 aromatic heterocycles. The smallest absolute Gasteiger partial charge is 0.245 e. The zero-order chi connectivity index (χ0) is 15.2. The number of hydrogen-bond acceptors (Lipinski definition) is 5. The van der Waals surface area contributed by atoms with Crippen molar-refractivity contribution in [3.05, 3.63) is 35.2 Å². The lowest BCUT2D eigenvalue weighted by molar-refractivity contribution is -0.118. The molecule has 2 aromatic rings. The topological polar surface area (TPSA) is 77.2 Å². The van der Waals surface area contributed by atoms with Crippen LogP contribution in [0.25, 0.3) is 11.3 Å². The van der Waals surface area contributed by atoms with Gasteiger partial charge in [0.2, 0.25) is 5.91 Å². The molecule has 3 N–H and O–H groups in total. The van der Waals surface area contributed by atoms with Gasteiger partial charge in [0, 0.05) is 18.1 Å². The standard InChI is InChI=1S/C15H19N3O2S.ClH/c1-3-10-4-6-11(7-5-10)13-9-21-15(17-13)18-14(19)12(16)8-20-2;/h4-7,9,12H,3,8,16H2,1-2H3,(H,17,18,19);1H. The minimum atomic E-state index is -0.689. The Kier molecular flexibility index (Phi) is 7.47. The Morgan fingerprint density at radius 1 is 1.41 bits per heavy atom. The van der Waals surface area contributed by atoms with Crippen molar-refractivity contribution in [2.45, 2.75) is 19.4 Å². The van der Waals surface area contributed by atoms with E-state index in [4.69, 9.17) is 10.5 Å². The van der Waals surface area contributed by atoms with Gasteiger partial charge in [-0.25, -0.2) is 4.98 Å². The minimum Gasteiger partial charge on any atom is -0.383 e. The van der Waals surface area contributed by atoms with Crippen molar-refractivity contribution in [1.82, 2.24) is 4.98 Å². The maximum absolute atomic E-state index is 11.8. The van der Waals surface area contributed by atoms with Crippen LogP contribution in [0, 0.1) is 0 Å². The quantitative estimate of drug-likeness (QED) is 0.846. The van der Waals surface area contributed by atoms with Crippen LogP contribution in [0.4, 0.5) is 5.13 Å². The second-order valence-corrected chi connectivity index (χ2v) is 5.50. The van der Waals surface area contributed by atoms with E-state index < -0.39 is 6.04 Å². The van der Waals surface area contributed by atoms with Crippen molar-refractivity contribution < 1.29 is 9.53 Å². The summed E-state index contributed by atoms with van der Waals surface area (Å²) in [5.41, 5.74) is 8.83. The van der Waals surface area contributed by atoms with Gasteiger partial charge in [0.15, 0.2) is 5.13 Å². The van der Waals surface area contributed by atoms with Gasteiger partial charge in [-0.2, -0.15) is 0 Å². The van der Waals surface area contributed by atoms with Crippen LogP contribution in [-0.4, -0.2) is 30.6 Å². The van der Waals surface area contributed by atoms with Crippen molar-refractivity contribution >= 4 is 34.8 Å². The van der Waals surface area contributed by atoms with Crippen LogP contribution >= 0.6 is 23.7 Å². The summed E-state index contributed by atoms with van der Waals surface area (Å²) >= 11 is 1.38. The molecule has 0 saturated heterocycles. The molecule has 1 amide bonds. The summed E-state index contributed by atoms with van der Waals surface area (Å²) in [6, 6.07) is 7.56. The first-order chi connectivity index (χ1) is 10.1. The highest BCUT2D eigenvalue weighted by molar-refractivity contribution is 7.14. The molecule has 1 unspecified atom stereocenters. The minimum absolute atomic E-state index is 0. The molecule has 22 heavy (non-hydrogen) atoms.